The second kappa shape index (κ2) is 9.37. The maximum atomic E-state index is 12.7. The fourth-order valence-corrected chi connectivity index (χ4v) is 6.61. The summed E-state index contributed by atoms with van der Waals surface area (Å²) >= 11 is 0. The van der Waals surface area contributed by atoms with Crippen molar-refractivity contribution in [3.05, 3.63) is 39.8 Å². The molecule has 2 fully saturated rings. The molecule has 1 aromatic rings. The molecule has 5 rings (SSSR count). The number of hydrogen-bond donors (Lipinski definition) is 2. The van der Waals surface area contributed by atoms with Crippen LogP contribution in [0.3, 0.4) is 0 Å². The quantitative estimate of drug-likeness (QED) is 0.683. The van der Waals surface area contributed by atoms with E-state index in [1.54, 1.807) is 6.08 Å². The number of piperazine rings is 1. The number of nitrogens with zero attached hydrogens (tertiary/aromatic N) is 3. The third-order valence-electron chi connectivity index (χ3n) is 7.54. The number of aryl methyl sites for hydroxylation is 2. The highest BCUT2D eigenvalue weighted by Crippen LogP contribution is 2.38. The Balaban J connectivity index is 1.24. The van der Waals surface area contributed by atoms with Gasteiger partial charge in [0.25, 0.3) is 10.0 Å². The number of sulfonamides is 1. The minimum Gasteiger partial charge on any atom is -0.307 e. The molecule has 0 spiro atoms. The predicted molar refractivity (Wildman–Crippen MR) is 130 cm³/mol. The van der Waals surface area contributed by atoms with Crippen LogP contribution < -0.4 is 10.0 Å². The maximum Gasteiger partial charge on any atom is 0.333 e. The Morgan fingerprint density at radius 1 is 0.970 bits per heavy atom. The molecule has 9 heteroatoms. The summed E-state index contributed by atoms with van der Waals surface area (Å²) in [5.74, 6) is 0. The summed E-state index contributed by atoms with van der Waals surface area (Å²) in [4.78, 5) is 15.0. The number of fused-ring (bicyclic) bond motifs is 2. The normalized spacial score (nSPS) is 24.3. The Morgan fingerprint density at radius 3 is 2.30 bits per heavy atom. The van der Waals surface area contributed by atoms with Crippen LogP contribution in [0.2, 0.25) is 0 Å². The monoisotopic (exact) mass is 473 g/mol. The summed E-state index contributed by atoms with van der Waals surface area (Å²) in [6.07, 6.45) is 9.81. The van der Waals surface area contributed by atoms with Crippen molar-refractivity contribution in [2.45, 2.75) is 57.4 Å². The lowest BCUT2D eigenvalue weighted by atomic mass is 9.99. The topological polar surface area (TPSA) is 85.0 Å². The lowest BCUT2D eigenvalue weighted by Crippen LogP contribution is -2.53. The van der Waals surface area contributed by atoms with Gasteiger partial charge in [0, 0.05) is 49.9 Å². The van der Waals surface area contributed by atoms with Crippen molar-refractivity contribution < 1.29 is 13.2 Å². The summed E-state index contributed by atoms with van der Waals surface area (Å²) in [5.41, 5.74) is 5.84. The van der Waals surface area contributed by atoms with E-state index in [0.717, 1.165) is 89.8 Å². The van der Waals surface area contributed by atoms with E-state index < -0.39 is 16.1 Å². The van der Waals surface area contributed by atoms with Gasteiger partial charge in [0.1, 0.15) is 0 Å². The van der Waals surface area contributed by atoms with Crippen molar-refractivity contribution in [3.8, 4) is 0 Å². The van der Waals surface area contributed by atoms with E-state index in [-0.39, 0.29) is 6.04 Å². The number of likely N-dealkylation sites (N-methyl/N-ethyl adjacent to an activating group) is 1. The van der Waals surface area contributed by atoms with Crippen LogP contribution >= 0.6 is 0 Å². The Hall–Kier alpha value is -1.94. The molecule has 2 saturated heterocycles. The number of amides is 2. The zero-order valence-corrected chi connectivity index (χ0v) is 20.3. The van der Waals surface area contributed by atoms with Gasteiger partial charge >= 0.3 is 6.03 Å². The number of carbonyl (C=O) groups is 1. The van der Waals surface area contributed by atoms with Crippen LogP contribution in [0.25, 0.3) is 0 Å². The molecule has 1 atom stereocenters. The van der Waals surface area contributed by atoms with Gasteiger partial charge in [0.15, 0.2) is 0 Å². The highest BCUT2D eigenvalue weighted by atomic mass is 32.2. The highest BCUT2D eigenvalue weighted by Gasteiger charge is 2.30. The van der Waals surface area contributed by atoms with Crippen molar-refractivity contribution in [3.63, 3.8) is 0 Å². The van der Waals surface area contributed by atoms with Gasteiger partial charge in [-0.1, -0.05) is 12.1 Å². The van der Waals surface area contributed by atoms with Crippen LogP contribution in [0.4, 0.5) is 10.5 Å². The first-order valence-corrected chi connectivity index (χ1v) is 13.8. The van der Waals surface area contributed by atoms with Crippen molar-refractivity contribution in [2.24, 2.45) is 0 Å². The van der Waals surface area contributed by atoms with Crippen LogP contribution in [-0.4, -0.2) is 75.2 Å². The van der Waals surface area contributed by atoms with Gasteiger partial charge < -0.3 is 10.2 Å². The molecule has 2 amide bonds. The smallest absolute Gasteiger partial charge is 0.307 e. The van der Waals surface area contributed by atoms with E-state index in [2.05, 4.69) is 38.1 Å². The van der Waals surface area contributed by atoms with E-state index in [0.29, 0.717) is 0 Å². The van der Waals surface area contributed by atoms with E-state index in [9.17, 15) is 13.2 Å². The Morgan fingerprint density at radius 2 is 1.64 bits per heavy atom. The zero-order chi connectivity index (χ0) is 23.0. The van der Waals surface area contributed by atoms with E-state index in [4.69, 9.17) is 0 Å². The van der Waals surface area contributed by atoms with Crippen LogP contribution in [0.5, 0.6) is 0 Å². The minimum atomic E-state index is -3.88. The third kappa shape index (κ3) is 4.96. The molecule has 180 valence electrons. The Bertz CT molecular complexity index is 1010. The average molecular weight is 474 g/mol. The lowest BCUT2D eigenvalue weighted by Gasteiger charge is -2.40. The van der Waals surface area contributed by atoms with Gasteiger partial charge in [0.05, 0.1) is 0 Å². The third-order valence-corrected chi connectivity index (χ3v) is 8.52. The van der Waals surface area contributed by atoms with Gasteiger partial charge in [-0.15, -0.1) is 0 Å². The number of carbonyl (C=O) groups excluding carboxylic acids is 1. The molecule has 33 heavy (non-hydrogen) atoms. The average Bonchev–Trinajstić information content (AvgIpc) is 3.53. The molecule has 4 aliphatic rings. The van der Waals surface area contributed by atoms with Gasteiger partial charge in [-0.05, 0) is 80.7 Å². The molecule has 2 heterocycles. The minimum absolute atomic E-state index is 0.0497. The molecule has 0 saturated carbocycles. The summed E-state index contributed by atoms with van der Waals surface area (Å²) < 4.78 is 27.6. The van der Waals surface area contributed by atoms with Gasteiger partial charge in [0.2, 0.25) is 0 Å². The van der Waals surface area contributed by atoms with E-state index >= 15 is 0 Å². The number of urea groups is 1. The van der Waals surface area contributed by atoms with Gasteiger partial charge in [-0.2, -0.15) is 0 Å². The predicted octanol–water partition coefficient (Wildman–Crippen LogP) is 2.26. The van der Waals surface area contributed by atoms with Crippen molar-refractivity contribution in [2.75, 3.05) is 45.1 Å². The van der Waals surface area contributed by atoms with Crippen LogP contribution in [0, 0.1) is 0 Å². The molecule has 8 nitrogen and oxygen atoms in total. The molecule has 0 unspecified atom stereocenters. The summed E-state index contributed by atoms with van der Waals surface area (Å²) in [6.45, 7) is 4.89. The summed E-state index contributed by atoms with van der Waals surface area (Å²) in [6, 6.07) is 1.67. The molecule has 0 radical (unpaired) electrons. The first-order valence-electron chi connectivity index (χ1n) is 12.3. The number of nitrogens with one attached hydrogen (secondary N) is 2. The first kappa shape index (κ1) is 22.8. The SMILES string of the molecule is CN1CCN(N2CCC[C@@H]2/C=C/S(=O)(=O)NC(=O)Nc2c3c(cc4c2CCC4)CCC3)CC1. The fourth-order valence-electron chi connectivity index (χ4n) is 5.84. The van der Waals surface area contributed by atoms with Gasteiger partial charge in [-0.25, -0.2) is 28.0 Å². The van der Waals surface area contributed by atoms with E-state index in [1.165, 1.54) is 27.7 Å². The molecule has 0 aromatic heterocycles. The second-order valence-corrected chi connectivity index (χ2v) is 11.4. The summed E-state index contributed by atoms with van der Waals surface area (Å²) in [5, 5.41) is 8.70. The second-order valence-electron chi connectivity index (χ2n) is 9.79. The van der Waals surface area contributed by atoms with Crippen LogP contribution in [0.15, 0.2) is 17.6 Å². The summed E-state index contributed by atoms with van der Waals surface area (Å²) in [7, 11) is -1.75. The number of hydrazine groups is 1. The zero-order valence-electron chi connectivity index (χ0n) is 19.5. The van der Waals surface area contributed by atoms with E-state index in [1.807, 2.05) is 0 Å². The largest absolute Gasteiger partial charge is 0.333 e. The molecular formula is C24H35N5O3S. The van der Waals surface area contributed by atoms with Crippen molar-refractivity contribution in [1.29, 1.82) is 0 Å². The Labute approximate surface area is 197 Å². The number of benzene rings is 1. The fraction of sp³-hybridized carbons (Fsp3) is 0.625. The van der Waals surface area contributed by atoms with Crippen molar-refractivity contribution in [1.82, 2.24) is 19.6 Å². The molecule has 0 bridgehead atoms. The van der Waals surface area contributed by atoms with Crippen LogP contribution in [-0.2, 0) is 35.7 Å². The lowest BCUT2D eigenvalue weighted by molar-refractivity contribution is -0.0522. The molecular weight excluding hydrogens is 438 g/mol. The first-order chi connectivity index (χ1) is 15.9. The molecule has 2 N–H and O–H groups in total. The number of hydrogen-bond acceptors (Lipinski definition) is 6. The molecule has 2 aliphatic carbocycles. The number of anilines is 1. The molecule has 2 aliphatic heterocycles. The van der Waals surface area contributed by atoms with Gasteiger partial charge in [-0.3, -0.25) is 0 Å². The highest BCUT2D eigenvalue weighted by molar-refractivity contribution is 7.92. The van der Waals surface area contributed by atoms with Crippen molar-refractivity contribution >= 4 is 21.7 Å². The number of rotatable bonds is 5. The standard InChI is InChI=1S/C24H35N5O3S/c1-27-12-14-28(15-13-27)29-11-4-7-20(29)10-16-33(31,32)26-24(30)25-23-21-8-2-5-18(21)17-19-6-3-9-22(19)23/h10,16-17,20H,2-9,11-15H2,1H3,(H2,25,26,30)/b16-10+/t20-/m1/s1. The van der Waals surface area contributed by atoms with Crippen LogP contribution in [0.1, 0.15) is 47.9 Å². The maximum absolute atomic E-state index is 12.7. The Kier molecular flexibility index (Phi) is 6.48. The molecule has 1 aromatic carbocycles.